The Morgan fingerprint density at radius 1 is 1.14 bits per heavy atom. The van der Waals surface area contributed by atoms with Crippen LogP contribution in [0.3, 0.4) is 0 Å². The Kier molecular flexibility index (Phi) is 5.26. The highest BCUT2D eigenvalue weighted by Gasteiger charge is 2.44. The maximum Gasteiger partial charge on any atom is 0.269 e. The molecule has 4 rings (SSSR count). The minimum atomic E-state index is -0.458. The standard InChI is InChI=1S/C23H27N3O3/c1-16(2)15-24-21(27)20-14-23(29-25-20)10-12-26(13-11-23)22(28)19-9-5-7-17-6-3-4-8-18(17)19/h3-9,16H,10-15H2,1-2H3,(H,24,27). The molecule has 2 heterocycles. The summed E-state index contributed by atoms with van der Waals surface area (Å²) in [6.45, 7) is 5.92. The molecule has 0 bridgehead atoms. The van der Waals surface area contributed by atoms with Gasteiger partial charge in [-0.3, -0.25) is 9.59 Å². The van der Waals surface area contributed by atoms with Crippen LogP contribution in [0.4, 0.5) is 0 Å². The number of amides is 2. The number of carbonyl (C=O) groups is 2. The molecule has 0 radical (unpaired) electrons. The minimum Gasteiger partial charge on any atom is -0.388 e. The van der Waals surface area contributed by atoms with Gasteiger partial charge in [-0.2, -0.15) is 0 Å². The van der Waals surface area contributed by atoms with Gasteiger partial charge < -0.3 is 15.1 Å². The van der Waals surface area contributed by atoms with Gasteiger partial charge in [0, 0.05) is 44.5 Å². The number of nitrogens with one attached hydrogen (secondary N) is 1. The number of benzene rings is 2. The van der Waals surface area contributed by atoms with Gasteiger partial charge in [-0.05, 0) is 22.8 Å². The van der Waals surface area contributed by atoms with E-state index in [1.807, 2.05) is 47.4 Å². The van der Waals surface area contributed by atoms with Gasteiger partial charge in [0.25, 0.3) is 11.8 Å². The average Bonchev–Trinajstić information content (AvgIpc) is 3.15. The lowest BCUT2D eigenvalue weighted by Crippen LogP contribution is -2.47. The van der Waals surface area contributed by atoms with Gasteiger partial charge in [0.05, 0.1) is 0 Å². The van der Waals surface area contributed by atoms with Gasteiger partial charge in [0.1, 0.15) is 11.3 Å². The van der Waals surface area contributed by atoms with Gasteiger partial charge in [0.2, 0.25) is 0 Å². The van der Waals surface area contributed by atoms with E-state index < -0.39 is 5.60 Å². The maximum absolute atomic E-state index is 13.1. The lowest BCUT2D eigenvalue weighted by molar-refractivity contribution is -0.115. The molecule has 0 atom stereocenters. The zero-order valence-electron chi connectivity index (χ0n) is 17.0. The quantitative estimate of drug-likeness (QED) is 0.866. The van der Waals surface area contributed by atoms with Crippen LogP contribution in [0.1, 0.15) is 43.5 Å². The first kappa shape index (κ1) is 19.4. The summed E-state index contributed by atoms with van der Waals surface area (Å²) in [5.41, 5.74) is 0.732. The highest BCUT2D eigenvalue weighted by atomic mass is 16.7. The average molecular weight is 393 g/mol. The van der Waals surface area contributed by atoms with Crippen LogP contribution in [0.25, 0.3) is 10.8 Å². The predicted octanol–water partition coefficient (Wildman–Crippen LogP) is 3.36. The Morgan fingerprint density at radius 2 is 1.86 bits per heavy atom. The maximum atomic E-state index is 13.1. The molecule has 29 heavy (non-hydrogen) atoms. The van der Waals surface area contributed by atoms with Gasteiger partial charge in [-0.1, -0.05) is 55.4 Å². The molecule has 2 aliphatic rings. The summed E-state index contributed by atoms with van der Waals surface area (Å²) >= 11 is 0. The van der Waals surface area contributed by atoms with Crippen LogP contribution >= 0.6 is 0 Å². The lowest BCUT2D eigenvalue weighted by atomic mass is 9.86. The summed E-state index contributed by atoms with van der Waals surface area (Å²) in [4.78, 5) is 33.0. The molecule has 1 fully saturated rings. The predicted molar refractivity (Wildman–Crippen MR) is 113 cm³/mol. The van der Waals surface area contributed by atoms with Crippen molar-refractivity contribution in [3.05, 3.63) is 48.0 Å². The van der Waals surface area contributed by atoms with Crippen molar-refractivity contribution in [3.63, 3.8) is 0 Å². The largest absolute Gasteiger partial charge is 0.388 e. The number of piperidine rings is 1. The third kappa shape index (κ3) is 3.97. The molecule has 2 aliphatic heterocycles. The fourth-order valence-corrected chi connectivity index (χ4v) is 4.01. The molecule has 2 amide bonds. The molecule has 0 aromatic heterocycles. The number of hydrogen-bond donors (Lipinski definition) is 1. The second-order valence-electron chi connectivity index (χ2n) is 8.41. The molecule has 0 unspecified atom stereocenters. The Labute approximate surface area is 170 Å². The first-order chi connectivity index (χ1) is 14.0. The summed E-state index contributed by atoms with van der Waals surface area (Å²) in [6, 6.07) is 13.8. The van der Waals surface area contributed by atoms with Crippen LogP contribution in [-0.4, -0.2) is 47.7 Å². The van der Waals surface area contributed by atoms with Gasteiger partial charge >= 0.3 is 0 Å². The summed E-state index contributed by atoms with van der Waals surface area (Å²) in [5.74, 6) is 0.287. The lowest BCUT2D eigenvalue weighted by Gasteiger charge is -2.37. The highest BCUT2D eigenvalue weighted by Crippen LogP contribution is 2.35. The molecule has 2 aromatic rings. The Balaban J connectivity index is 1.39. The van der Waals surface area contributed by atoms with E-state index in [0.29, 0.717) is 50.5 Å². The Hall–Kier alpha value is -2.89. The number of rotatable bonds is 4. The smallest absolute Gasteiger partial charge is 0.269 e. The molecule has 0 saturated carbocycles. The van der Waals surface area contributed by atoms with Crippen LogP contribution in [0.15, 0.2) is 47.6 Å². The molecular weight excluding hydrogens is 366 g/mol. The van der Waals surface area contributed by atoms with Crippen LogP contribution in [0.2, 0.25) is 0 Å². The molecule has 152 valence electrons. The van der Waals surface area contributed by atoms with Gasteiger partial charge in [-0.25, -0.2) is 0 Å². The zero-order chi connectivity index (χ0) is 20.4. The molecule has 0 aliphatic carbocycles. The van der Waals surface area contributed by atoms with Crippen LogP contribution in [-0.2, 0) is 9.63 Å². The van der Waals surface area contributed by atoms with Crippen LogP contribution in [0.5, 0.6) is 0 Å². The number of nitrogens with zero attached hydrogens (tertiary/aromatic N) is 2. The fraction of sp³-hybridized carbons (Fsp3) is 0.435. The van der Waals surface area contributed by atoms with E-state index >= 15 is 0 Å². The normalized spacial score (nSPS) is 18.0. The third-order valence-corrected chi connectivity index (χ3v) is 5.75. The van der Waals surface area contributed by atoms with E-state index in [-0.39, 0.29) is 11.8 Å². The molecule has 2 aromatic carbocycles. The van der Waals surface area contributed by atoms with Crippen molar-refractivity contribution in [2.45, 2.75) is 38.7 Å². The van der Waals surface area contributed by atoms with Crippen molar-refractivity contribution in [2.75, 3.05) is 19.6 Å². The van der Waals surface area contributed by atoms with Gasteiger partial charge in [0.15, 0.2) is 0 Å². The summed E-state index contributed by atoms with van der Waals surface area (Å²) in [7, 11) is 0. The van der Waals surface area contributed by atoms with E-state index in [0.717, 1.165) is 16.3 Å². The third-order valence-electron chi connectivity index (χ3n) is 5.75. The van der Waals surface area contributed by atoms with E-state index in [4.69, 9.17) is 4.84 Å². The number of oxime groups is 1. The zero-order valence-corrected chi connectivity index (χ0v) is 17.0. The second kappa shape index (κ2) is 7.85. The van der Waals surface area contributed by atoms with Crippen molar-refractivity contribution in [3.8, 4) is 0 Å². The van der Waals surface area contributed by atoms with Crippen molar-refractivity contribution in [1.82, 2.24) is 10.2 Å². The first-order valence-corrected chi connectivity index (χ1v) is 10.3. The number of fused-ring (bicyclic) bond motifs is 1. The molecule has 6 nitrogen and oxygen atoms in total. The highest BCUT2D eigenvalue weighted by molar-refractivity contribution is 6.39. The summed E-state index contributed by atoms with van der Waals surface area (Å²) < 4.78 is 0. The molecular formula is C23H27N3O3. The van der Waals surface area contributed by atoms with Crippen LogP contribution < -0.4 is 5.32 Å². The molecule has 6 heteroatoms. The van der Waals surface area contributed by atoms with Crippen molar-refractivity contribution in [2.24, 2.45) is 11.1 Å². The number of carbonyl (C=O) groups excluding carboxylic acids is 2. The van der Waals surface area contributed by atoms with E-state index in [1.165, 1.54) is 0 Å². The van der Waals surface area contributed by atoms with Crippen molar-refractivity contribution in [1.29, 1.82) is 0 Å². The van der Waals surface area contributed by atoms with Crippen molar-refractivity contribution < 1.29 is 14.4 Å². The monoisotopic (exact) mass is 393 g/mol. The van der Waals surface area contributed by atoms with E-state index in [1.54, 1.807) is 0 Å². The van der Waals surface area contributed by atoms with Crippen LogP contribution in [0, 0.1) is 5.92 Å². The molecule has 1 spiro atoms. The topological polar surface area (TPSA) is 71.0 Å². The van der Waals surface area contributed by atoms with E-state index in [2.05, 4.69) is 24.3 Å². The van der Waals surface area contributed by atoms with Gasteiger partial charge in [-0.15, -0.1) is 0 Å². The molecule has 1 saturated heterocycles. The summed E-state index contributed by atoms with van der Waals surface area (Å²) in [5, 5.41) is 9.00. The Bertz CT molecular complexity index is 953. The van der Waals surface area contributed by atoms with E-state index in [9.17, 15) is 9.59 Å². The fourth-order valence-electron chi connectivity index (χ4n) is 4.01. The first-order valence-electron chi connectivity index (χ1n) is 10.3. The number of likely N-dealkylation sites (tertiary alicyclic amines) is 1. The number of hydrogen-bond acceptors (Lipinski definition) is 4. The summed E-state index contributed by atoms with van der Waals surface area (Å²) in [6.07, 6.45) is 1.86. The SMILES string of the molecule is CC(C)CNC(=O)C1=NOC2(CCN(C(=O)c3cccc4ccccc34)CC2)C1. The minimum absolute atomic E-state index is 0.0467. The second-order valence-corrected chi connectivity index (χ2v) is 8.41. The Morgan fingerprint density at radius 3 is 2.62 bits per heavy atom. The van der Waals surface area contributed by atoms with Crippen molar-refractivity contribution >= 4 is 28.3 Å². The molecule has 1 N–H and O–H groups in total.